The number of thioether (sulfide) groups is 1. The van der Waals surface area contributed by atoms with Crippen molar-refractivity contribution in [3.05, 3.63) is 18.5 Å². The lowest BCUT2D eigenvalue weighted by Crippen LogP contribution is -2.24. The van der Waals surface area contributed by atoms with Gasteiger partial charge >= 0.3 is 0 Å². The molecule has 0 radical (unpaired) electrons. The molecule has 1 heterocycles. The van der Waals surface area contributed by atoms with Crippen molar-refractivity contribution in [1.29, 1.82) is 0 Å². The molecule has 5 nitrogen and oxygen atoms in total. The van der Waals surface area contributed by atoms with Crippen LogP contribution in [0.2, 0.25) is 0 Å². The first-order valence-electron chi connectivity index (χ1n) is 5.40. The van der Waals surface area contributed by atoms with Gasteiger partial charge in [0.2, 0.25) is 0 Å². The van der Waals surface area contributed by atoms with Gasteiger partial charge in [-0.25, -0.2) is 9.97 Å². The van der Waals surface area contributed by atoms with Crippen molar-refractivity contribution in [2.45, 2.75) is 24.3 Å². The molecule has 1 rings (SSSR count). The van der Waals surface area contributed by atoms with E-state index in [1.807, 2.05) is 6.92 Å². The third-order valence-electron chi connectivity index (χ3n) is 1.92. The maximum Gasteiger partial charge on any atom is 0.187 e. The van der Waals surface area contributed by atoms with Crippen molar-refractivity contribution in [1.82, 2.24) is 9.97 Å². The molecule has 17 heavy (non-hydrogen) atoms. The fourth-order valence-corrected chi connectivity index (χ4v) is 1.85. The third-order valence-corrected chi connectivity index (χ3v) is 2.94. The van der Waals surface area contributed by atoms with Crippen molar-refractivity contribution in [2.75, 3.05) is 26.1 Å². The van der Waals surface area contributed by atoms with Gasteiger partial charge in [0.25, 0.3) is 0 Å². The van der Waals surface area contributed by atoms with Crippen molar-refractivity contribution in [3.63, 3.8) is 0 Å². The van der Waals surface area contributed by atoms with Crippen molar-refractivity contribution < 1.29 is 14.6 Å². The molecule has 0 bridgehead atoms. The molecule has 0 spiro atoms. The Labute approximate surface area is 106 Å². The van der Waals surface area contributed by atoms with Gasteiger partial charge in [0.15, 0.2) is 5.16 Å². The molecule has 1 N–H and O–H groups in total. The number of nitrogens with zero attached hydrogens (tertiary/aromatic N) is 2. The van der Waals surface area contributed by atoms with Gasteiger partial charge in [0.1, 0.15) is 0 Å². The molecule has 0 aliphatic rings. The Kier molecular flexibility index (Phi) is 7.11. The standard InChI is InChI=1S/C11H18N2O3S/c1-9(6-15-2)16-7-10(14)8-17-11-12-4-3-5-13-11/h3-5,9-10,14H,6-8H2,1-2H3. The summed E-state index contributed by atoms with van der Waals surface area (Å²) >= 11 is 1.41. The summed E-state index contributed by atoms with van der Waals surface area (Å²) in [6.45, 7) is 2.73. The van der Waals surface area contributed by atoms with Crippen molar-refractivity contribution >= 4 is 11.8 Å². The largest absolute Gasteiger partial charge is 0.390 e. The molecule has 0 amide bonds. The fraction of sp³-hybridized carbons (Fsp3) is 0.636. The number of hydrogen-bond acceptors (Lipinski definition) is 6. The van der Waals surface area contributed by atoms with Gasteiger partial charge in [0, 0.05) is 25.3 Å². The highest BCUT2D eigenvalue weighted by Crippen LogP contribution is 2.12. The highest BCUT2D eigenvalue weighted by atomic mass is 32.2. The van der Waals surface area contributed by atoms with E-state index in [0.29, 0.717) is 24.1 Å². The van der Waals surface area contributed by atoms with Crippen molar-refractivity contribution in [2.24, 2.45) is 0 Å². The molecule has 0 fully saturated rings. The summed E-state index contributed by atoms with van der Waals surface area (Å²) in [5.74, 6) is 0.518. The lowest BCUT2D eigenvalue weighted by atomic mass is 10.4. The molecule has 1 aromatic rings. The Balaban J connectivity index is 2.15. The molecule has 96 valence electrons. The molecular weight excluding hydrogens is 240 g/mol. The summed E-state index contributed by atoms with van der Waals surface area (Å²) < 4.78 is 10.3. The summed E-state index contributed by atoms with van der Waals surface area (Å²) in [6.07, 6.45) is 2.83. The Morgan fingerprint density at radius 2 is 2.06 bits per heavy atom. The molecule has 0 saturated heterocycles. The van der Waals surface area contributed by atoms with Gasteiger partial charge < -0.3 is 14.6 Å². The molecule has 0 aliphatic heterocycles. The zero-order chi connectivity index (χ0) is 12.5. The van der Waals surface area contributed by atoms with Crippen LogP contribution in [0.15, 0.2) is 23.6 Å². The first kappa shape index (κ1) is 14.4. The van der Waals surface area contributed by atoms with E-state index in [-0.39, 0.29) is 6.10 Å². The Morgan fingerprint density at radius 1 is 1.35 bits per heavy atom. The van der Waals surface area contributed by atoms with Crippen molar-refractivity contribution in [3.8, 4) is 0 Å². The van der Waals surface area contributed by atoms with E-state index in [1.54, 1.807) is 25.6 Å². The molecule has 1 aromatic heterocycles. The Bertz CT molecular complexity index is 300. The van der Waals surface area contributed by atoms with Crippen LogP contribution < -0.4 is 0 Å². The minimum Gasteiger partial charge on any atom is -0.390 e. The maximum atomic E-state index is 9.69. The van der Waals surface area contributed by atoms with Gasteiger partial charge in [-0.05, 0) is 13.0 Å². The normalized spacial score (nSPS) is 14.5. The number of ether oxygens (including phenoxy) is 2. The zero-order valence-corrected chi connectivity index (χ0v) is 10.9. The molecule has 6 heteroatoms. The van der Waals surface area contributed by atoms with Crippen LogP contribution >= 0.6 is 11.8 Å². The number of methoxy groups -OCH3 is 1. The number of aromatic nitrogens is 2. The Morgan fingerprint density at radius 3 is 2.71 bits per heavy atom. The van der Waals surface area contributed by atoms with Crippen LogP contribution in [0.4, 0.5) is 0 Å². The van der Waals surface area contributed by atoms with E-state index in [4.69, 9.17) is 9.47 Å². The van der Waals surface area contributed by atoms with Crippen LogP contribution in [0.3, 0.4) is 0 Å². The summed E-state index contributed by atoms with van der Waals surface area (Å²) in [6, 6.07) is 1.76. The third kappa shape index (κ3) is 6.58. The minimum absolute atomic E-state index is 0.00683. The second-order valence-electron chi connectivity index (χ2n) is 3.60. The number of rotatable bonds is 8. The summed E-state index contributed by atoms with van der Waals surface area (Å²) in [5, 5.41) is 10.3. The summed E-state index contributed by atoms with van der Waals surface area (Å²) in [7, 11) is 1.62. The van der Waals surface area contributed by atoms with E-state index >= 15 is 0 Å². The van der Waals surface area contributed by atoms with Crippen LogP contribution in [-0.4, -0.2) is 53.4 Å². The first-order valence-corrected chi connectivity index (χ1v) is 6.39. The molecule has 0 saturated carbocycles. The molecule has 2 unspecified atom stereocenters. The van der Waals surface area contributed by atoms with E-state index in [2.05, 4.69) is 9.97 Å². The van der Waals surface area contributed by atoms with E-state index in [0.717, 1.165) is 0 Å². The average Bonchev–Trinajstić information content (AvgIpc) is 2.35. The van der Waals surface area contributed by atoms with Crippen LogP contribution in [0, 0.1) is 0 Å². The van der Waals surface area contributed by atoms with Gasteiger partial charge in [-0.15, -0.1) is 0 Å². The highest BCUT2D eigenvalue weighted by molar-refractivity contribution is 7.99. The minimum atomic E-state index is -0.525. The fourth-order valence-electron chi connectivity index (χ4n) is 1.14. The van der Waals surface area contributed by atoms with Gasteiger partial charge in [-0.1, -0.05) is 11.8 Å². The van der Waals surface area contributed by atoms with Gasteiger partial charge in [0.05, 0.1) is 25.4 Å². The van der Waals surface area contributed by atoms with Crippen LogP contribution in [-0.2, 0) is 9.47 Å². The predicted octanol–water partition coefficient (Wildman–Crippen LogP) is 0.981. The molecular formula is C11H18N2O3S. The van der Waals surface area contributed by atoms with Gasteiger partial charge in [-0.2, -0.15) is 0 Å². The Hall–Kier alpha value is -0.690. The molecule has 0 aliphatic carbocycles. The van der Waals surface area contributed by atoms with E-state index in [1.165, 1.54) is 11.8 Å². The maximum absolute atomic E-state index is 9.69. The van der Waals surface area contributed by atoms with E-state index < -0.39 is 6.10 Å². The number of hydrogen-bond donors (Lipinski definition) is 1. The number of aliphatic hydroxyl groups excluding tert-OH is 1. The second-order valence-corrected chi connectivity index (χ2v) is 4.58. The topological polar surface area (TPSA) is 64.5 Å². The summed E-state index contributed by atoms with van der Waals surface area (Å²) in [5.41, 5.74) is 0. The average molecular weight is 258 g/mol. The molecule has 2 atom stereocenters. The zero-order valence-electron chi connectivity index (χ0n) is 10.1. The van der Waals surface area contributed by atoms with E-state index in [9.17, 15) is 5.11 Å². The second kappa shape index (κ2) is 8.41. The predicted molar refractivity (Wildman–Crippen MR) is 66.1 cm³/mol. The van der Waals surface area contributed by atoms with Crippen LogP contribution in [0.5, 0.6) is 0 Å². The SMILES string of the molecule is COCC(C)OCC(O)CSc1ncccn1. The summed E-state index contributed by atoms with van der Waals surface area (Å²) in [4.78, 5) is 8.11. The van der Waals surface area contributed by atoms with Crippen LogP contribution in [0.25, 0.3) is 0 Å². The first-order chi connectivity index (χ1) is 8.22. The quantitative estimate of drug-likeness (QED) is 0.554. The van der Waals surface area contributed by atoms with Gasteiger partial charge in [-0.3, -0.25) is 0 Å². The smallest absolute Gasteiger partial charge is 0.187 e. The van der Waals surface area contributed by atoms with Crippen LogP contribution in [0.1, 0.15) is 6.92 Å². The highest BCUT2D eigenvalue weighted by Gasteiger charge is 2.09. The molecule has 0 aromatic carbocycles. The lowest BCUT2D eigenvalue weighted by Gasteiger charge is -2.15. The monoisotopic (exact) mass is 258 g/mol. The lowest BCUT2D eigenvalue weighted by molar-refractivity contribution is -0.0257. The number of aliphatic hydroxyl groups is 1.